The van der Waals surface area contributed by atoms with E-state index in [0.717, 1.165) is 12.4 Å². The normalized spacial score (nSPS) is 21.1. The molecule has 1 N–H and O–H groups in total. The zero-order chi connectivity index (χ0) is 7.84. The van der Waals surface area contributed by atoms with Gasteiger partial charge in [0.1, 0.15) is 12.6 Å². The monoisotopic (exact) mass is 170 g/mol. The number of aromatic nitrogens is 2. The van der Waals surface area contributed by atoms with Crippen molar-refractivity contribution in [3.63, 3.8) is 0 Å². The van der Waals surface area contributed by atoms with Gasteiger partial charge in [0.05, 0.1) is 6.07 Å². The number of nitrogens with one attached hydrogen (secondary N) is 1. The number of rotatable bonds is 0. The zero-order valence-electron chi connectivity index (χ0n) is 6.21. The van der Waals surface area contributed by atoms with Gasteiger partial charge in [-0.25, -0.2) is 4.57 Å². The number of halogens is 1. The molecule has 0 fully saturated rings. The molecule has 1 aliphatic rings. The number of hydrogen-bond donors (Lipinski definition) is 1. The van der Waals surface area contributed by atoms with Gasteiger partial charge in [-0.1, -0.05) is 4.98 Å². The first-order valence-electron chi connectivity index (χ1n) is 3.57. The van der Waals surface area contributed by atoms with Crippen molar-refractivity contribution in [3.8, 4) is 0 Å². The Morgan fingerprint density at radius 2 is 2.64 bits per heavy atom. The molecule has 0 spiro atoms. The van der Waals surface area contributed by atoms with E-state index in [1.807, 2.05) is 6.07 Å². The number of fused-ring (bicyclic) bond motifs is 1. The maximum Gasteiger partial charge on any atom is 0.227 e. The minimum atomic E-state index is 0.482. The predicted molar refractivity (Wildman–Crippen MR) is 42.5 cm³/mol. The minimum Gasteiger partial charge on any atom is -0.300 e. The molecular weight excluding hydrogens is 162 g/mol. The smallest absolute Gasteiger partial charge is 0.227 e. The van der Waals surface area contributed by atoms with E-state index in [4.69, 9.17) is 11.6 Å². The molecule has 1 aromatic rings. The van der Waals surface area contributed by atoms with Gasteiger partial charge in [-0.15, -0.1) is 0 Å². The van der Waals surface area contributed by atoms with Crippen LogP contribution in [0.4, 0.5) is 5.82 Å². The van der Waals surface area contributed by atoms with Crippen molar-refractivity contribution in [1.82, 2.24) is 4.98 Å². The van der Waals surface area contributed by atoms with E-state index in [1.54, 1.807) is 6.33 Å². The third-order valence-electron chi connectivity index (χ3n) is 1.75. The van der Waals surface area contributed by atoms with Crippen LogP contribution < -0.4 is 9.88 Å². The standard InChI is InChI=1S/C7H8ClN3/c1-5-3-11-4-9-6(8)2-7(11)10-5/h2,4-5H,3H2,1H3/p+1/t5-/m1/s1. The highest BCUT2D eigenvalue weighted by molar-refractivity contribution is 6.29. The molecule has 4 heteroatoms. The van der Waals surface area contributed by atoms with Gasteiger partial charge in [-0.3, -0.25) is 5.32 Å². The minimum absolute atomic E-state index is 0.482. The molecule has 0 amide bonds. The summed E-state index contributed by atoms with van der Waals surface area (Å²) in [5.74, 6) is 1.05. The molecule has 0 radical (unpaired) electrons. The molecule has 3 nitrogen and oxygen atoms in total. The van der Waals surface area contributed by atoms with Gasteiger partial charge < -0.3 is 0 Å². The summed E-state index contributed by atoms with van der Waals surface area (Å²) in [5, 5.41) is 3.82. The van der Waals surface area contributed by atoms with Crippen molar-refractivity contribution in [1.29, 1.82) is 0 Å². The van der Waals surface area contributed by atoms with Crippen LogP contribution in [0, 0.1) is 0 Å². The Bertz CT molecular complexity index is 287. The van der Waals surface area contributed by atoms with E-state index in [9.17, 15) is 0 Å². The van der Waals surface area contributed by atoms with Gasteiger partial charge in [-0.2, -0.15) is 0 Å². The van der Waals surface area contributed by atoms with Crippen molar-refractivity contribution in [3.05, 3.63) is 17.5 Å². The van der Waals surface area contributed by atoms with Gasteiger partial charge in [0.15, 0.2) is 0 Å². The van der Waals surface area contributed by atoms with E-state index < -0.39 is 0 Å². The Hall–Kier alpha value is -0.830. The van der Waals surface area contributed by atoms with Crippen LogP contribution in [0.5, 0.6) is 0 Å². The average molecular weight is 171 g/mol. The number of hydrogen-bond acceptors (Lipinski definition) is 2. The topological polar surface area (TPSA) is 28.8 Å². The first-order valence-corrected chi connectivity index (χ1v) is 3.95. The summed E-state index contributed by atoms with van der Waals surface area (Å²) in [6, 6.07) is 2.32. The first kappa shape index (κ1) is 6.85. The maximum absolute atomic E-state index is 5.71. The second kappa shape index (κ2) is 2.34. The van der Waals surface area contributed by atoms with Crippen LogP contribution >= 0.6 is 11.6 Å². The summed E-state index contributed by atoms with van der Waals surface area (Å²) < 4.78 is 2.05. The SMILES string of the molecule is C[C@@H]1C[n+]2cnc(Cl)cc2N1. The average Bonchev–Trinajstić information content (AvgIpc) is 2.27. The maximum atomic E-state index is 5.71. The molecule has 0 aliphatic carbocycles. The lowest BCUT2D eigenvalue weighted by Crippen LogP contribution is -2.32. The Kier molecular flexibility index (Phi) is 1.46. The van der Waals surface area contributed by atoms with E-state index in [1.165, 1.54) is 0 Å². The van der Waals surface area contributed by atoms with Gasteiger partial charge in [0.2, 0.25) is 17.3 Å². The first-order chi connectivity index (χ1) is 5.25. The molecule has 0 aromatic carbocycles. The molecule has 1 aromatic heterocycles. The van der Waals surface area contributed by atoms with Crippen molar-refractivity contribution < 1.29 is 4.57 Å². The molecule has 0 unspecified atom stereocenters. The Labute approximate surface area is 70.0 Å². The largest absolute Gasteiger partial charge is 0.300 e. The Morgan fingerprint density at radius 3 is 3.45 bits per heavy atom. The van der Waals surface area contributed by atoms with Crippen LogP contribution in [-0.4, -0.2) is 11.0 Å². The van der Waals surface area contributed by atoms with Crippen LogP contribution in [0.3, 0.4) is 0 Å². The second-order valence-electron chi connectivity index (χ2n) is 2.79. The Morgan fingerprint density at radius 1 is 1.82 bits per heavy atom. The summed E-state index contributed by atoms with van der Waals surface area (Å²) in [6.07, 6.45) is 1.76. The van der Waals surface area contributed by atoms with Crippen LogP contribution in [0.2, 0.25) is 5.15 Å². The fourth-order valence-corrected chi connectivity index (χ4v) is 1.43. The quantitative estimate of drug-likeness (QED) is 0.462. The highest BCUT2D eigenvalue weighted by atomic mass is 35.5. The molecule has 1 aliphatic heterocycles. The molecule has 2 rings (SSSR count). The highest BCUT2D eigenvalue weighted by Crippen LogP contribution is 2.12. The Balaban J connectivity index is 2.43. The third-order valence-corrected chi connectivity index (χ3v) is 1.96. The predicted octanol–water partition coefficient (Wildman–Crippen LogP) is 0.836. The lowest BCUT2D eigenvalue weighted by molar-refractivity contribution is -0.676. The van der Waals surface area contributed by atoms with Gasteiger partial charge >= 0.3 is 0 Å². The second-order valence-corrected chi connectivity index (χ2v) is 3.18. The van der Waals surface area contributed by atoms with Crippen LogP contribution in [0.15, 0.2) is 12.4 Å². The van der Waals surface area contributed by atoms with Crippen molar-refractivity contribution in [2.45, 2.75) is 19.5 Å². The van der Waals surface area contributed by atoms with Crippen molar-refractivity contribution in [2.75, 3.05) is 5.32 Å². The summed E-state index contributed by atoms with van der Waals surface area (Å²) in [6.45, 7) is 3.10. The molecule has 58 valence electrons. The van der Waals surface area contributed by atoms with Gasteiger partial charge in [0.25, 0.3) is 0 Å². The van der Waals surface area contributed by atoms with Gasteiger partial charge in [-0.05, 0) is 18.5 Å². The molecule has 1 atom stereocenters. The van der Waals surface area contributed by atoms with Crippen LogP contribution in [-0.2, 0) is 6.54 Å². The van der Waals surface area contributed by atoms with E-state index >= 15 is 0 Å². The van der Waals surface area contributed by atoms with Crippen LogP contribution in [0.1, 0.15) is 6.92 Å². The molecule has 0 saturated carbocycles. The molecule has 11 heavy (non-hydrogen) atoms. The summed E-state index contributed by atoms with van der Waals surface area (Å²) >= 11 is 5.71. The lowest BCUT2D eigenvalue weighted by Gasteiger charge is -1.92. The lowest BCUT2D eigenvalue weighted by atomic mass is 10.4. The number of nitrogens with zero attached hydrogens (tertiary/aromatic N) is 2. The molecule has 2 heterocycles. The number of anilines is 1. The van der Waals surface area contributed by atoms with Gasteiger partial charge in [0, 0.05) is 0 Å². The van der Waals surface area contributed by atoms with E-state index in [2.05, 4.69) is 21.8 Å². The molecular formula is C7H9ClN3+. The van der Waals surface area contributed by atoms with Crippen molar-refractivity contribution in [2.24, 2.45) is 0 Å². The summed E-state index contributed by atoms with van der Waals surface area (Å²) in [7, 11) is 0. The zero-order valence-corrected chi connectivity index (χ0v) is 6.97. The third kappa shape index (κ3) is 1.16. The van der Waals surface area contributed by atoms with E-state index in [0.29, 0.717) is 11.2 Å². The van der Waals surface area contributed by atoms with Crippen molar-refractivity contribution >= 4 is 17.4 Å². The molecule has 0 saturated heterocycles. The highest BCUT2D eigenvalue weighted by Gasteiger charge is 2.21. The fourth-order valence-electron chi connectivity index (χ4n) is 1.28. The fraction of sp³-hybridized carbons (Fsp3) is 0.429. The van der Waals surface area contributed by atoms with Crippen LogP contribution in [0.25, 0.3) is 0 Å². The molecule has 0 bridgehead atoms. The summed E-state index contributed by atoms with van der Waals surface area (Å²) in [4.78, 5) is 3.97. The van der Waals surface area contributed by atoms with E-state index in [-0.39, 0.29) is 0 Å². The summed E-state index contributed by atoms with van der Waals surface area (Å²) in [5.41, 5.74) is 0.